The van der Waals surface area contributed by atoms with Gasteiger partial charge in [-0.1, -0.05) is 37.1 Å². The molecule has 0 aliphatic heterocycles. The average molecular weight is 338 g/mol. The van der Waals surface area contributed by atoms with Gasteiger partial charge in [-0.15, -0.1) is 0 Å². The van der Waals surface area contributed by atoms with Gasteiger partial charge < -0.3 is 15.5 Å². The minimum Gasteiger partial charge on any atom is -0.507 e. The van der Waals surface area contributed by atoms with E-state index in [0.717, 1.165) is 25.7 Å². The first-order valence-corrected chi connectivity index (χ1v) is 8.55. The number of nitrogens with one attached hydrogen (secondary N) is 1. The molecule has 3 N–H and O–H groups in total. The fourth-order valence-corrected chi connectivity index (χ4v) is 3.14. The molecule has 0 spiro atoms. The molecule has 2 aromatic rings. The van der Waals surface area contributed by atoms with Gasteiger partial charge in [0, 0.05) is 11.8 Å². The van der Waals surface area contributed by atoms with E-state index in [4.69, 9.17) is 0 Å². The Morgan fingerprint density at radius 2 is 1.68 bits per heavy atom. The maximum atomic E-state index is 12.4. The van der Waals surface area contributed by atoms with Gasteiger partial charge in [0.2, 0.25) is 0 Å². The van der Waals surface area contributed by atoms with E-state index in [1.807, 2.05) is 6.07 Å². The number of nitrogens with zero attached hydrogens (tertiary/aromatic N) is 1. The van der Waals surface area contributed by atoms with Crippen molar-refractivity contribution in [1.29, 1.82) is 0 Å². The third kappa shape index (κ3) is 4.18. The highest BCUT2D eigenvalue weighted by Gasteiger charge is 2.26. The van der Waals surface area contributed by atoms with Crippen molar-refractivity contribution in [2.45, 2.75) is 37.8 Å². The average Bonchev–Trinajstić information content (AvgIpc) is 2.62. The molecule has 3 rings (SSSR count). The number of hydrogen-bond donors (Lipinski definition) is 3. The molecule has 1 aliphatic carbocycles. The smallest absolute Gasteiger partial charge is 0.255 e. The number of carbonyl (C=O) groups excluding carboxylic acids is 1. The van der Waals surface area contributed by atoms with Crippen molar-refractivity contribution in [1.82, 2.24) is 5.32 Å². The number of amides is 1. The van der Waals surface area contributed by atoms with Crippen LogP contribution in [0.25, 0.3) is 0 Å². The van der Waals surface area contributed by atoms with Crippen molar-refractivity contribution in [2.24, 2.45) is 4.99 Å². The predicted octanol–water partition coefficient (Wildman–Crippen LogP) is 3.26. The van der Waals surface area contributed by atoms with Crippen LogP contribution >= 0.6 is 0 Å². The van der Waals surface area contributed by atoms with Crippen molar-refractivity contribution in [3.63, 3.8) is 0 Å². The zero-order valence-corrected chi connectivity index (χ0v) is 13.9. The maximum absolute atomic E-state index is 12.4. The first-order chi connectivity index (χ1) is 12.1. The van der Waals surface area contributed by atoms with Crippen molar-refractivity contribution < 1.29 is 15.0 Å². The zero-order valence-electron chi connectivity index (χ0n) is 13.9. The minimum atomic E-state index is -0.284. The monoisotopic (exact) mass is 338 g/mol. The molecule has 1 fully saturated rings. The number of carbonyl (C=O) groups is 1. The Balaban J connectivity index is 1.72. The quantitative estimate of drug-likeness (QED) is 0.748. The summed E-state index contributed by atoms with van der Waals surface area (Å²) in [7, 11) is 0. The lowest BCUT2D eigenvalue weighted by molar-refractivity contribution is 0.0919. The number of benzene rings is 2. The fourth-order valence-electron chi connectivity index (χ4n) is 3.14. The zero-order chi connectivity index (χ0) is 17.6. The van der Waals surface area contributed by atoms with Crippen LogP contribution in [0.4, 0.5) is 0 Å². The van der Waals surface area contributed by atoms with Crippen LogP contribution in [0.1, 0.15) is 41.6 Å². The molecule has 1 saturated carbocycles. The van der Waals surface area contributed by atoms with Gasteiger partial charge in [0.25, 0.3) is 5.91 Å². The van der Waals surface area contributed by atoms with E-state index in [9.17, 15) is 15.0 Å². The lowest BCUT2D eigenvalue weighted by atomic mass is 9.90. The number of phenolic OH excluding ortho intramolecular Hbond substituents is 2. The van der Waals surface area contributed by atoms with Crippen molar-refractivity contribution in [2.75, 3.05) is 0 Å². The highest BCUT2D eigenvalue weighted by molar-refractivity contribution is 5.97. The largest absolute Gasteiger partial charge is 0.507 e. The molecular weight excluding hydrogens is 316 g/mol. The third-order valence-electron chi connectivity index (χ3n) is 4.54. The highest BCUT2D eigenvalue weighted by atomic mass is 16.3. The number of phenols is 2. The topological polar surface area (TPSA) is 81.9 Å². The molecule has 1 aliphatic rings. The van der Waals surface area contributed by atoms with Gasteiger partial charge >= 0.3 is 0 Å². The summed E-state index contributed by atoms with van der Waals surface area (Å²) in [5.41, 5.74) is 0.940. The molecular formula is C20H22N2O3. The molecule has 0 heterocycles. The number of aliphatic imine (C=N–C) groups is 1. The predicted molar refractivity (Wildman–Crippen MR) is 97.3 cm³/mol. The molecule has 130 valence electrons. The summed E-state index contributed by atoms with van der Waals surface area (Å²) in [4.78, 5) is 17.0. The summed E-state index contributed by atoms with van der Waals surface area (Å²) in [5.74, 6) is -0.116. The van der Waals surface area contributed by atoms with Crippen LogP contribution in [0.3, 0.4) is 0 Å². The second kappa shape index (κ2) is 7.83. The summed E-state index contributed by atoms with van der Waals surface area (Å²) in [5, 5.41) is 22.7. The lowest BCUT2D eigenvalue weighted by Gasteiger charge is -2.29. The first kappa shape index (κ1) is 17.0. The van der Waals surface area contributed by atoms with Crippen molar-refractivity contribution >= 4 is 12.1 Å². The van der Waals surface area contributed by atoms with Crippen LogP contribution in [0.2, 0.25) is 0 Å². The number of hydrogen-bond acceptors (Lipinski definition) is 4. The van der Waals surface area contributed by atoms with Crippen molar-refractivity contribution in [3.05, 3.63) is 59.7 Å². The van der Waals surface area contributed by atoms with Gasteiger partial charge in [-0.2, -0.15) is 0 Å². The molecule has 2 aromatic carbocycles. The van der Waals surface area contributed by atoms with E-state index in [2.05, 4.69) is 10.3 Å². The summed E-state index contributed by atoms with van der Waals surface area (Å²) in [6.07, 6.45) is 5.50. The van der Waals surface area contributed by atoms with E-state index < -0.39 is 0 Å². The molecule has 0 saturated heterocycles. The fraction of sp³-hybridized carbons (Fsp3) is 0.300. The third-order valence-corrected chi connectivity index (χ3v) is 4.54. The van der Waals surface area contributed by atoms with E-state index >= 15 is 0 Å². The Labute approximate surface area is 147 Å². The molecule has 2 unspecified atom stereocenters. The van der Waals surface area contributed by atoms with Gasteiger partial charge in [0.15, 0.2) is 0 Å². The summed E-state index contributed by atoms with van der Waals surface area (Å²) < 4.78 is 0. The van der Waals surface area contributed by atoms with Gasteiger partial charge in [0.05, 0.1) is 17.6 Å². The Morgan fingerprint density at radius 1 is 1.00 bits per heavy atom. The van der Waals surface area contributed by atoms with E-state index in [-0.39, 0.29) is 35.1 Å². The van der Waals surface area contributed by atoms with Gasteiger partial charge in [-0.25, -0.2) is 0 Å². The van der Waals surface area contributed by atoms with Gasteiger partial charge in [-0.3, -0.25) is 9.79 Å². The van der Waals surface area contributed by atoms with Crippen LogP contribution in [-0.4, -0.2) is 34.4 Å². The second-order valence-electron chi connectivity index (χ2n) is 6.29. The molecule has 1 amide bonds. The Bertz CT molecular complexity index is 773. The Kier molecular flexibility index (Phi) is 5.33. The van der Waals surface area contributed by atoms with E-state index in [0.29, 0.717) is 5.56 Å². The Hall–Kier alpha value is -2.82. The molecule has 0 aromatic heterocycles. The summed E-state index contributed by atoms with van der Waals surface area (Å²) in [6.45, 7) is 0. The maximum Gasteiger partial charge on any atom is 0.255 e. The lowest BCUT2D eigenvalue weighted by Crippen LogP contribution is -2.44. The molecule has 0 bridgehead atoms. The van der Waals surface area contributed by atoms with Crippen molar-refractivity contribution in [3.8, 4) is 11.5 Å². The molecule has 5 heteroatoms. The molecule has 25 heavy (non-hydrogen) atoms. The number of rotatable bonds is 4. The number of aromatic hydroxyl groups is 2. The van der Waals surface area contributed by atoms with E-state index in [1.54, 1.807) is 42.6 Å². The SMILES string of the molecule is O=C(NC1CCCCC1N=Cc1ccccc1O)c1ccccc1O. The van der Waals surface area contributed by atoms with Gasteiger partial charge in [0.1, 0.15) is 11.5 Å². The molecule has 2 atom stereocenters. The second-order valence-corrected chi connectivity index (χ2v) is 6.29. The standard InChI is InChI=1S/C20H22N2O3/c23-18-11-5-1-7-14(18)13-21-16-9-3-4-10-17(16)22-20(25)15-8-2-6-12-19(15)24/h1-2,5-8,11-13,16-17,23-24H,3-4,9-10H2,(H,22,25). The Morgan fingerprint density at radius 3 is 2.44 bits per heavy atom. The van der Waals surface area contributed by atoms with Crippen LogP contribution in [-0.2, 0) is 0 Å². The van der Waals surface area contributed by atoms with Crippen LogP contribution in [0, 0.1) is 0 Å². The van der Waals surface area contributed by atoms with E-state index in [1.165, 1.54) is 6.07 Å². The van der Waals surface area contributed by atoms with Gasteiger partial charge in [-0.05, 0) is 37.1 Å². The van der Waals surface area contributed by atoms with Crippen LogP contribution in [0.15, 0.2) is 53.5 Å². The van der Waals surface area contributed by atoms with Crippen LogP contribution < -0.4 is 5.32 Å². The highest BCUT2D eigenvalue weighted by Crippen LogP contribution is 2.23. The normalized spacial score (nSPS) is 20.5. The molecule has 5 nitrogen and oxygen atoms in total. The first-order valence-electron chi connectivity index (χ1n) is 8.55. The molecule has 0 radical (unpaired) electrons. The summed E-state index contributed by atoms with van der Waals surface area (Å²) in [6, 6.07) is 13.4. The summed E-state index contributed by atoms with van der Waals surface area (Å²) >= 11 is 0. The number of para-hydroxylation sites is 2. The minimum absolute atomic E-state index is 0.0231. The van der Waals surface area contributed by atoms with Crippen LogP contribution in [0.5, 0.6) is 11.5 Å².